The van der Waals surface area contributed by atoms with Crippen molar-refractivity contribution in [3.63, 3.8) is 0 Å². The first-order chi connectivity index (χ1) is 10.4. The van der Waals surface area contributed by atoms with Crippen LogP contribution < -0.4 is 5.32 Å². The topological polar surface area (TPSA) is 71.2 Å². The molecule has 5 nitrogen and oxygen atoms in total. The summed E-state index contributed by atoms with van der Waals surface area (Å²) in [7, 11) is 0. The minimum absolute atomic E-state index is 0.278. The van der Waals surface area contributed by atoms with Crippen molar-refractivity contribution in [3.05, 3.63) is 51.8 Å². The third-order valence-electron chi connectivity index (χ3n) is 3.23. The number of nitrogens with one attached hydrogen (secondary N) is 2. The molecule has 0 aliphatic carbocycles. The summed E-state index contributed by atoms with van der Waals surface area (Å²) in [5, 5.41) is 3.30. The molecule has 2 N–H and O–H groups in total. The molecule has 1 heterocycles. The molecular formula is C16H17ClN2O3. The molecule has 0 fully saturated rings. The standard InChI is InChI=1S/C16H17ClN2O3/c1-4-22-16(21)14-9(2)13(10(3)18-14)15(20)19-12-7-5-6-11(17)8-12/h5-8,18H,4H2,1-3H3,(H,19,20). The number of carbonyl (C=O) groups excluding carboxylic acids is 2. The molecule has 22 heavy (non-hydrogen) atoms. The predicted molar refractivity (Wildman–Crippen MR) is 85.6 cm³/mol. The van der Waals surface area contributed by atoms with Gasteiger partial charge in [-0.25, -0.2) is 4.79 Å². The molecule has 0 bridgehead atoms. The number of aromatic amines is 1. The third-order valence-corrected chi connectivity index (χ3v) is 3.46. The Kier molecular flexibility index (Phi) is 4.88. The lowest BCUT2D eigenvalue weighted by atomic mass is 10.1. The van der Waals surface area contributed by atoms with Gasteiger partial charge in [0.2, 0.25) is 0 Å². The number of amides is 1. The van der Waals surface area contributed by atoms with E-state index in [2.05, 4.69) is 10.3 Å². The number of H-pyrrole nitrogens is 1. The normalized spacial score (nSPS) is 10.4. The van der Waals surface area contributed by atoms with E-state index in [-0.39, 0.29) is 12.5 Å². The van der Waals surface area contributed by atoms with Gasteiger partial charge in [-0.2, -0.15) is 0 Å². The number of halogens is 1. The number of rotatable bonds is 4. The number of hydrogen-bond donors (Lipinski definition) is 2. The maximum absolute atomic E-state index is 12.4. The molecule has 0 aliphatic heterocycles. The van der Waals surface area contributed by atoms with Crippen LogP contribution >= 0.6 is 11.6 Å². The monoisotopic (exact) mass is 320 g/mol. The first-order valence-corrected chi connectivity index (χ1v) is 7.25. The summed E-state index contributed by atoms with van der Waals surface area (Å²) in [4.78, 5) is 27.2. The van der Waals surface area contributed by atoms with Gasteiger partial charge in [0.1, 0.15) is 5.69 Å². The van der Waals surface area contributed by atoms with Crippen LogP contribution in [0.2, 0.25) is 5.02 Å². The van der Waals surface area contributed by atoms with Gasteiger partial charge in [-0.3, -0.25) is 4.79 Å². The van der Waals surface area contributed by atoms with Crippen LogP contribution in [-0.2, 0) is 4.74 Å². The Labute approximate surface area is 133 Å². The van der Waals surface area contributed by atoms with Gasteiger partial charge in [-0.05, 0) is 44.5 Å². The smallest absolute Gasteiger partial charge is 0.355 e. The van der Waals surface area contributed by atoms with Gasteiger partial charge in [0.15, 0.2) is 0 Å². The highest BCUT2D eigenvalue weighted by atomic mass is 35.5. The molecule has 1 aromatic carbocycles. The average molecular weight is 321 g/mol. The molecule has 0 saturated heterocycles. The van der Waals surface area contributed by atoms with Crippen molar-refractivity contribution in [1.82, 2.24) is 4.98 Å². The van der Waals surface area contributed by atoms with Crippen molar-refractivity contribution in [2.45, 2.75) is 20.8 Å². The zero-order valence-corrected chi connectivity index (χ0v) is 13.4. The zero-order chi connectivity index (χ0) is 16.3. The van der Waals surface area contributed by atoms with Crippen LogP contribution in [0.5, 0.6) is 0 Å². The molecule has 1 amide bonds. The molecule has 0 unspecified atom stereocenters. The van der Waals surface area contributed by atoms with E-state index in [4.69, 9.17) is 16.3 Å². The highest BCUT2D eigenvalue weighted by Crippen LogP contribution is 2.21. The Balaban J connectivity index is 2.28. The summed E-state index contributed by atoms with van der Waals surface area (Å²) in [5.74, 6) is -0.769. The minimum atomic E-state index is -0.468. The first-order valence-electron chi connectivity index (χ1n) is 6.87. The van der Waals surface area contributed by atoms with E-state index >= 15 is 0 Å². The van der Waals surface area contributed by atoms with E-state index in [1.807, 2.05) is 0 Å². The maximum atomic E-state index is 12.4. The molecule has 1 aromatic heterocycles. The van der Waals surface area contributed by atoms with E-state index in [9.17, 15) is 9.59 Å². The quantitative estimate of drug-likeness (QED) is 0.843. The lowest BCUT2D eigenvalue weighted by Crippen LogP contribution is -2.14. The number of carbonyl (C=O) groups is 2. The third kappa shape index (κ3) is 3.31. The molecular weight excluding hydrogens is 304 g/mol. The molecule has 116 valence electrons. The van der Waals surface area contributed by atoms with Gasteiger partial charge in [0.25, 0.3) is 5.91 Å². The fourth-order valence-corrected chi connectivity index (χ4v) is 2.45. The van der Waals surface area contributed by atoms with Crippen molar-refractivity contribution >= 4 is 29.2 Å². The fourth-order valence-electron chi connectivity index (χ4n) is 2.26. The largest absolute Gasteiger partial charge is 0.461 e. The second-order valence-electron chi connectivity index (χ2n) is 4.81. The van der Waals surface area contributed by atoms with Crippen LogP contribution in [0.15, 0.2) is 24.3 Å². The lowest BCUT2D eigenvalue weighted by Gasteiger charge is -2.06. The van der Waals surface area contributed by atoms with Gasteiger partial charge < -0.3 is 15.0 Å². The highest BCUT2D eigenvalue weighted by Gasteiger charge is 2.22. The van der Waals surface area contributed by atoms with Crippen molar-refractivity contribution < 1.29 is 14.3 Å². The van der Waals surface area contributed by atoms with E-state index in [0.717, 1.165) is 0 Å². The summed E-state index contributed by atoms with van der Waals surface area (Å²) >= 11 is 5.90. The Morgan fingerprint density at radius 2 is 2.05 bits per heavy atom. The van der Waals surface area contributed by atoms with Crippen molar-refractivity contribution in [2.24, 2.45) is 0 Å². The van der Waals surface area contributed by atoms with Crippen LogP contribution in [0.4, 0.5) is 5.69 Å². The SMILES string of the molecule is CCOC(=O)c1[nH]c(C)c(C(=O)Nc2cccc(Cl)c2)c1C. The van der Waals surface area contributed by atoms with Crippen molar-refractivity contribution in [3.8, 4) is 0 Å². The Bertz CT molecular complexity index is 722. The van der Waals surface area contributed by atoms with Crippen LogP contribution in [0.3, 0.4) is 0 Å². The van der Waals surface area contributed by atoms with Gasteiger partial charge in [-0.1, -0.05) is 17.7 Å². The second kappa shape index (κ2) is 6.66. The number of benzene rings is 1. The summed E-state index contributed by atoms with van der Waals surface area (Å²) < 4.78 is 4.97. The van der Waals surface area contributed by atoms with Crippen molar-refractivity contribution in [2.75, 3.05) is 11.9 Å². The summed E-state index contributed by atoms with van der Waals surface area (Å²) in [6.45, 7) is 5.46. The molecule has 0 spiro atoms. The molecule has 0 aliphatic rings. The summed E-state index contributed by atoms with van der Waals surface area (Å²) in [6, 6.07) is 6.87. The number of ether oxygens (including phenoxy) is 1. The van der Waals surface area contributed by atoms with E-state index < -0.39 is 5.97 Å². The molecule has 2 aromatic rings. The number of esters is 1. The second-order valence-corrected chi connectivity index (χ2v) is 5.25. The van der Waals surface area contributed by atoms with Gasteiger partial charge >= 0.3 is 5.97 Å². The Morgan fingerprint density at radius 1 is 1.32 bits per heavy atom. The van der Waals surface area contributed by atoms with Crippen LogP contribution in [0.25, 0.3) is 0 Å². The van der Waals surface area contributed by atoms with E-state index in [0.29, 0.717) is 33.2 Å². The van der Waals surface area contributed by atoms with Gasteiger partial charge in [0.05, 0.1) is 12.2 Å². The van der Waals surface area contributed by atoms with E-state index in [1.54, 1.807) is 45.0 Å². The van der Waals surface area contributed by atoms with Crippen LogP contribution in [0, 0.1) is 13.8 Å². The minimum Gasteiger partial charge on any atom is -0.461 e. The van der Waals surface area contributed by atoms with Crippen LogP contribution in [0.1, 0.15) is 39.0 Å². The maximum Gasteiger partial charge on any atom is 0.355 e. The first kappa shape index (κ1) is 16.1. The fraction of sp³-hybridized carbons (Fsp3) is 0.250. The molecule has 0 saturated carbocycles. The molecule has 0 radical (unpaired) electrons. The van der Waals surface area contributed by atoms with Crippen molar-refractivity contribution in [1.29, 1.82) is 0 Å². The number of hydrogen-bond acceptors (Lipinski definition) is 3. The zero-order valence-electron chi connectivity index (χ0n) is 12.6. The van der Waals surface area contributed by atoms with Gasteiger partial charge in [0, 0.05) is 16.4 Å². The van der Waals surface area contributed by atoms with E-state index in [1.165, 1.54) is 0 Å². The van der Waals surface area contributed by atoms with Crippen LogP contribution in [-0.4, -0.2) is 23.5 Å². The average Bonchev–Trinajstić information content (AvgIpc) is 2.74. The van der Waals surface area contributed by atoms with Gasteiger partial charge in [-0.15, -0.1) is 0 Å². The summed E-state index contributed by atoms with van der Waals surface area (Å²) in [6.07, 6.45) is 0. The predicted octanol–water partition coefficient (Wildman–Crippen LogP) is 3.71. The number of anilines is 1. The number of aromatic nitrogens is 1. The molecule has 6 heteroatoms. The Hall–Kier alpha value is -2.27. The lowest BCUT2D eigenvalue weighted by molar-refractivity contribution is 0.0519. The molecule has 2 rings (SSSR count). The molecule has 0 atom stereocenters. The highest BCUT2D eigenvalue weighted by molar-refractivity contribution is 6.31. The summed E-state index contributed by atoms with van der Waals surface area (Å²) in [5.41, 5.74) is 2.50. The number of aryl methyl sites for hydroxylation is 1. The Morgan fingerprint density at radius 3 is 2.68 bits per heavy atom.